The van der Waals surface area contributed by atoms with Gasteiger partial charge in [-0.05, 0) is 24.3 Å². The Balaban J connectivity index is 2.29. The highest BCUT2D eigenvalue weighted by atomic mass is 16.1. The number of aromatic nitrogens is 2. The van der Waals surface area contributed by atoms with Gasteiger partial charge in [0, 0.05) is 44.8 Å². The van der Waals surface area contributed by atoms with Crippen LogP contribution < -0.4 is 4.90 Å². The molecule has 2 aromatic rings. The van der Waals surface area contributed by atoms with E-state index in [1.807, 2.05) is 50.3 Å². The fraction of sp³-hybridized carbons (Fsp3) is 0.231. The van der Waals surface area contributed by atoms with Crippen LogP contribution in [0.25, 0.3) is 0 Å². The predicted molar refractivity (Wildman–Crippen MR) is 67.4 cm³/mol. The van der Waals surface area contributed by atoms with Crippen LogP contribution in [-0.2, 0) is 7.05 Å². The molecule has 1 aromatic heterocycles. The predicted octanol–water partition coefficient (Wildman–Crippen LogP) is 1.72. The maximum absolute atomic E-state index is 12.1. The highest BCUT2D eigenvalue weighted by molar-refractivity contribution is 6.06. The van der Waals surface area contributed by atoms with Crippen molar-refractivity contribution < 1.29 is 4.79 Å². The Morgan fingerprint density at radius 1 is 1.24 bits per heavy atom. The van der Waals surface area contributed by atoms with E-state index in [9.17, 15) is 4.79 Å². The van der Waals surface area contributed by atoms with Crippen LogP contribution >= 0.6 is 0 Å². The molecular formula is C13H15N3O. The van der Waals surface area contributed by atoms with Crippen LogP contribution in [0, 0.1) is 0 Å². The third kappa shape index (κ3) is 2.20. The van der Waals surface area contributed by atoms with Crippen LogP contribution in [0.4, 0.5) is 5.69 Å². The average Bonchev–Trinajstić information content (AvgIpc) is 2.74. The van der Waals surface area contributed by atoms with Gasteiger partial charge < -0.3 is 9.47 Å². The first-order valence-electron chi connectivity index (χ1n) is 5.39. The zero-order valence-electron chi connectivity index (χ0n) is 10.2. The minimum atomic E-state index is -0.0530. The molecule has 4 heteroatoms. The van der Waals surface area contributed by atoms with Gasteiger partial charge in [0.1, 0.15) is 0 Å². The van der Waals surface area contributed by atoms with E-state index in [1.165, 1.54) is 0 Å². The van der Waals surface area contributed by atoms with E-state index in [4.69, 9.17) is 0 Å². The van der Waals surface area contributed by atoms with Crippen LogP contribution in [0.3, 0.4) is 0 Å². The van der Waals surface area contributed by atoms with Crippen molar-refractivity contribution in [2.45, 2.75) is 0 Å². The summed E-state index contributed by atoms with van der Waals surface area (Å²) in [5, 5.41) is 0. The van der Waals surface area contributed by atoms with Gasteiger partial charge in [-0.25, -0.2) is 4.98 Å². The first-order chi connectivity index (χ1) is 8.09. The molecule has 1 aromatic carbocycles. The number of imidazole rings is 1. The SMILES string of the molecule is CN(C)c1ccc(C(=O)c2nccn2C)cc1. The number of carbonyl (C=O) groups excluding carboxylic acids is 1. The summed E-state index contributed by atoms with van der Waals surface area (Å²) in [7, 11) is 5.75. The van der Waals surface area contributed by atoms with Crippen LogP contribution in [0.2, 0.25) is 0 Å². The number of rotatable bonds is 3. The third-order valence-electron chi connectivity index (χ3n) is 2.67. The second-order valence-corrected chi connectivity index (χ2v) is 4.13. The molecule has 0 atom stereocenters. The Kier molecular flexibility index (Phi) is 2.95. The highest BCUT2D eigenvalue weighted by Crippen LogP contribution is 2.14. The van der Waals surface area contributed by atoms with Crippen molar-refractivity contribution in [2.24, 2.45) is 7.05 Å². The summed E-state index contributed by atoms with van der Waals surface area (Å²) in [6.45, 7) is 0. The van der Waals surface area contributed by atoms with E-state index in [2.05, 4.69) is 4.98 Å². The maximum atomic E-state index is 12.1. The number of hydrogen-bond donors (Lipinski definition) is 0. The van der Waals surface area contributed by atoms with Crippen LogP contribution in [0.15, 0.2) is 36.7 Å². The van der Waals surface area contributed by atoms with Gasteiger partial charge in [0.2, 0.25) is 5.78 Å². The van der Waals surface area contributed by atoms with Crippen molar-refractivity contribution in [3.63, 3.8) is 0 Å². The summed E-state index contributed by atoms with van der Waals surface area (Å²) < 4.78 is 1.72. The fourth-order valence-corrected chi connectivity index (χ4v) is 1.62. The molecule has 0 saturated carbocycles. The van der Waals surface area contributed by atoms with Crippen molar-refractivity contribution in [3.05, 3.63) is 48.0 Å². The lowest BCUT2D eigenvalue weighted by Crippen LogP contribution is -2.11. The zero-order valence-corrected chi connectivity index (χ0v) is 10.2. The molecule has 4 nitrogen and oxygen atoms in total. The number of nitrogens with zero attached hydrogens (tertiary/aromatic N) is 3. The number of hydrogen-bond acceptors (Lipinski definition) is 3. The molecule has 0 aliphatic carbocycles. The molecule has 2 rings (SSSR count). The van der Waals surface area contributed by atoms with E-state index in [0.717, 1.165) is 5.69 Å². The molecule has 0 saturated heterocycles. The maximum Gasteiger partial charge on any atom is 0.228 e. The van der Waals surface area contributed by atoms with Crippen molar-refractivity contribution >= 4 is 11.5 Å². The lowest BCUT2D eigenvalue weighted by Gasteiger charge is -2.12. The topological polar surface area (TPSA) is 38.1 Å². The molecule has 0 amide bonds. The lowest BCUT2D eigenvalue weighted by molar-refractivity contribution is 0.102. The first-order valence-corrected chi connectivity index (χ1v) is 5.39. The second-order valence-electron chi connectivity index (χ2n) is 4.13. The normalized spacial score (nSPS) is 10.3. The summed E-state index contributed by atoms with van der Waals surface area (Å²) in [5.74, 6) is 0.408. The minimum Gasteiger partial charge on any atom is -0.378 e. The lowest BCUT2D eigenvalue weighted by atomic mass is 10.1. The van der Waals surface area contributed by atoms with Crippen molar-refractivity contribution in [3.8, 4) is 0 Å². The fourth-order valence-electron chi connectivity index (χ4n) is 1.62. The number of ketones is 1. The number of benzene rings is 1. The average molecular weight is 229 g/mol. The molecule has 0 aliphatic heterocycles. The number of anilines is 1. The van der Waals surface area contributed by atoms with E-state index >= 15 is 0 Å². The molecule has 1 heterocycles. The molecule has 0 N–H and O–H groups in total. The smallest absolute Gasteiger partial charge is 0.228 e. The Hall–Kier alpha value is -2.10. The van der Waals surface area contributed by atoms with Gasteiger partial charge in [0.05, 0.1) is 0 Å². The van der Waals surface area contributed by atoms with Gasteiger partial charge in [-0.3, -0.25) is 4.79 Å². The third-order valence-corrected chi connectivity index (χ3v) is 2.67. The second kappa shape index (κ2) is 4.41. The van der Waals surface area contributed by atoms with E-state index in [0.29, 0.717) is 11.4 Å². The zero-order chi connectivity index (χ0) is 12.4. The molecule has 0 unspecified atom stereocenters. The largest absolute Gasteiger partial charge is 0.378 e. The van der Waals surface area contributed by atoms with Gasteiger partial charge in [0.15, 0.2) is 5.82 Å². The van der Waals surface area contributed by atoms with Crippen LogP contribution in [0.5, 0.6) is 0 Å². The van der Waals surface area contributed by atoms with E-state index in [1.54, 1.807) is 17.0 Å². The van der Waals surface area contributed by atoms with Crippen LogP contribution in [0.1, 0.15) is 16.2 Å². The molecule has 88 valence electrons. The molecule has 0 aliphatic rings. The molecule has 0 fully saturated rings. The van der Waals surface area contributed by atoms with Crippen molar-refractivity contribution in [1.82, 2.24) is 9.55 Å². The summed E-state index contributed by atoms with van der Waals surface area (Å²) in [6.07, 6.45) is 3.39. The molecule has 17 heavy (non-hydrogen) atoms. The van der Waals surface area contributed by atoms with Gasteiger partial charge in [-0.15, -0.1) is 0 Å². The van der Waals surface area contributed by atoms with E-state index < -0.39 is 0 Å². The van der Waals surface area contributed by atoms with Gasteiger partial charge in [-0.1, -0.05) is 0 Å². The standard InChI is InChI=1S/C13H15N3O/c1-15(2)11-6-4-10(5-7-11)12(17)13-14-8-9-16(13)3/h4-9H,1-3H3. The summed E-state index contributed by atoms with van der Waals surface area (Å²) in [5.41, 5.74) is 1.73. The Morgan fingerprint density at radius 3 is 2.35 bits per heavy atom. The van der Waals surface area contributed by atoms with Crippen molar-refractivity contribution in [1.29, 1.82) is 0 Å². The number of aryl methyl sites for hydroxylation is 1. The molecule has 0 radical (unpaired) electrons. The van der Waals surface area contributed by atoms with Crippen molar-refractivity contribution in [2.75, 3.05) is 19.0 Å². The Morgan fingerprint density at radius 2 is 1.88 bits per heavy atom. The van der Waals surface area contributed by atoms with E-state index in [-0.39, 0.29) is 5.78 Å². The Labute approximate surface area is 101 Å². The monoisotopic (exact) mass is 229 g/mol. The Bertz CT molecular complexity index is 526. The van der Waals surface area contributed by atoms with Crippen LogP contribution in [-0.4, -0.2) is 29.4 Å². The molecule has 0 bridgehead atoms. The van der Waals surface area contributed by atoms with Gasteiger partial charge >= 0.3 is 0 Å². The minimum absolute atomic E-state index is 0.0530. The summed E-state index contributed by atoms with van der Waals surface area (Å²) >= 11 is 0. The number of carbonyl (C=O) groups is 1. The van der Waals surface area contributed by atoms with Gasteiger partial charge in [0.25, 0.3) is 0 Å². The summed E-state index contributed by atoms with van der Waals surface area (Å²) in [6, 6.07) is 7.50. The molecule has 0 spiro atoms. The first kappa shape index (κ1) is 11.4. The summed E-state index contributed by atoms with van der Waals surface area (Å²) in [4.78, 5) is 18.2. The molecular weight excluding hydrogens is 214 g/mol. The quantitative estimate of drug-likeness (QED) is 0.752. The van der Waals surface area contributed by atoms with Gasteiger partial charge in [-0.2, -0.15) is 0 Å². The highest BCUT2D eigenvalue weighted by Gasteiger charge is 2.13.